The highest BCUT2D eigenvalue weighted by Gasteiger charge is 2.21. The number of carbonyl (C=O) groups is 1. The Morgan fingerprint density at radius 2 is 2.40 bits per heavy atom. The highest BCUT2D eigenvalue weighted by Crippen LogP contribution is 2.27. The first-order chi connectivity index (χ1) is 9.60. The molecule has 0 spiro atoms. The number of nitrogens with zero attached hydrogens (tertiary/aromatic N) is 1. The van der Waals surface area contributed by atoms with Gasteiger partial charge in [-0.25, -0.2) is 0 Å². The van der Waals surface area contributed by atoms with Crippen LogP contribution in [0.3, 0.4) is 0 Å². The molecule has 1 saturated heterocycles. The first-order valence-electron chi connectivity index (χ1n) is 6.57. The number of methoxy groups -OCH3 is 1. The van der Waals surface area contributed by atoms with Crippen LogP contribution in [0.1, 0.15) is 6.92 Å². The van der Waals surface area contributed by atoms with Crippen LogP contribution < -0.4 is 10.1 Å². The number of ether oxygens (including phenoxy) is 2. The zero-order valence-electron chi connectivity index (χ0n) is 11.7. The predicted octanol–water partition coefficient (Wildman–Crippen LogP) is 2.01. The Hall–Kier alpha value is -1.46. The molecule has 20 heavy (non-hydrogen) atoms. The fourth-order valence-electron chi connectivity index (χ4n) is 2.15. The van der Waals surface area contributed by atoms with Crippen LogP contribution in [-0.2, 0) is 9.53 Å². The lowest BCUT2D eigenvalue weighted by Gasteiger charge is -2.31. The normalized spacial score (nSPS) is 18.8. The van der Waals surface area contributed by atoms with E-state index in [2.05, 4.69) is 5.32 Å². The molecule has 1 amide bonds. The second-order valence-corrected chi connectivity index (χ2v) is 5.16. The van der Waals surface area contributed by atoms with Crippen LogP contribution in [0.25, 0.3) is 0 Å². The van der Waals surface area contributed by atoms with Crippen LogP contribution >= 0.6 is 11.6 Å². The molecule has 1 heterocycles. The minimum atomic E-state index is 0.0437. The Bertz CT molecular complexity index is 481. The fourth-order valence-corrected chi connectivity index (χ4v) is 2.32. The average molecular weight is 299 g/mol. The van der Waals surface area contributed by atoms with Crippen LogP contribution in [0.15, 0.2) is 18.2 Å². The van der Waals surface area contributed by atoms with Crippen molar-refractivity contribution in [3.8, 4) is 5.75 Å². The van der Waals surface area contributed by atoms with Crippen LogP contribution in [0.5, 0.6) is 5.75 Å². The lowest BCUT2D eigenvalue weighted by molar-refractivity contribution is -0.136. The zero-order valence-corrected chi connectivity index (χ0v) is 12.4. The summed E-state index contributed by atoms with van der Waals surface area (Å²) in [6.07, 6.45) is 0.0911. The van der Waals surface area contributed by atoms with Crippen molar-refractivity contribution >= 4 is 23.2 Å². The first kappa shape index (κ1) is 14.9. The molecule has 0 aromatic heterocycles. The van der Waals surface area contributed by atoms with Gasteiger partial charge in [-0.2, -0.15) is 0 Å². The van der Waals surface area contributed by atoms with Crippen molar-refractivity contribution in [2.24, 2.45) is 0 Å². The van der Waals surface area contributed by atoms with Gasteiger partial charge in [-0.05, 0) is 25.1 Å². The van der Waals surface area contributed by atoms with Crippen LogP contribution in [0.4, 0.5) is 5.69 Å². The number of benzene rings is 1. The van der Waals surface area contributed by atoms with E-state index in [0.29, 0.717) is 30.5 Å². The highest BCUT2D eigenvalue weighted by molar-refractivity contribution is 6.30. The van der Waals surface area contributed by atoms with Crippen LogP contribution in [0.2, 0.25) is 5.02 Å². The molecule has 1 fully saturated rings. The molecule has 6 heteroatoms. The van der Waals surface area contributed by atoms with Gasteiger partial charge in [0.1, 0.15) is 5.75 Å². The molecule has 1 aliphatic rings. The summed E-state index contributed by atoms with van der Waals surface area (Å²) in [6.45, 7) is 4.04. The number of hydrogen-bond donors (Lipinski definition) is 1. The van der Waals surface area contributed by atoms with E-state index >= 15 is 0 Å². The van der Waals surface area contributed by atoms with Crippen molar-refractivity contribution in [3.05, 3.63) is 23.2 Å². The Kier molecular flexibility index (Phi) is 5.09. The van der Waals surface area contributed by atoms with Gasteiger partial charge in [0.25, 0.3) is 0 Å². The highest BCUT2D eigenvalue weighted by atomic mass is 35.5. The van der Waals surface area contributed by atoms with Crippen LogP contribution in [-0.4, -0.2) is 50.3 Å². The Labute approximate surface area is 123 Å². The maximum Gasteiger partial charge on any atom is 0.242 e. The van der Waals surface area contributed by atoms with E-state index in [1.807, 2.05) is 6.92 Å². The Morgan fingerprint density at radius 3 is 3.10 bits per heavy atom. The van der Waals surface area contributed by atoms with Gasteiger partial charge in [0.05, 0.1) is 32.1 Å². The maximum absolute atomic E-state index is 12.1. The molecule has 0 saturated carbocycles. The molecule has 2 rings (SSSR count). The summed E-state index contributed by atoms with van der Waals surface area (Å²) in [5.41, 5.74) is 0.717. The summed E-state index contributed by atoms with van der Waals surface area (Å²) in [5, 5.41) is 3.67. The molecule has 0 bridgehead atoms. The topological polar surface area (TPSA) is 50.8 Å². The minimum Gasteiger partial charge on any atom is -0.495 e. The molecular formula is C14H19ClN2O3. The number of carbonyl (C=O) groups excluding carboxylic acids is 1. The molecular weight excluding hydrogens is 280 g/mol. The van der Waals surface area contributed by atoms with Gasteiger partial charge in [-0.3, -0.25) is 4.79 Å². The second kappa shape index (κ2) is 6.81. The summed E-state index contributed by atoms with van der Waals surface area (Å²) in [5.74, 6) is 0.708. The number of amides is 1. The number of anilines is 1. The minimum absolute atomic E-state index is 0.0437. The van der Waals surface area contributed by atoms with E-state index in [-0.39, 0.29) is 18.6 Å². The molecule has 5 nitrogen and oxygen atoms in total. The van der Waals surface area contributed by atoms with Gasteiger partial charge in [-0.15, -0.1) is 0 Å². The van der Waals surface area contributed by atoms with E-state index in [1.165, 1.54) is 0 Å². The van der Waals surface area contributed by atoms with E-state index in [4.69, 9.17) is 21.1 Å². The lowest BCUT2D eigenvalue weighted by Crippen LogP contribution is -2.46. The van der Waals surface area contributed by atoms with Crippen molar-refractivity contribution in [1.82, 2.24) is 4.90 Å². The maximum atomic E-state index is 12.1. The second-order valence-electron chi connectivity index (χ2n) is 4.72. The smallest absolute Gasteiger partial charge is 0.242 e. The molecule has 1 N–H and O–H groups in total. The molecule has 1 atom stereocenters. The number of morpholine rings is 1. The van der Waals surface area contributed by atoms with E-state index in [9.17, 15) is 4.79 Å². The van der Waals surface area contributed by atoms with E-state index in [0.717, 1.165) is 5.69 Å². The van der Waals surface area contributed by atoms with Gasteiger partial charge in [-0.1, -0.05) is 11.6 Å². The van der Waals surface area contributed by atoms with Crippen LogP contribution in [0, 0.1) is 0 Å². The number of rotatable bonds is 4. The molecule has 110 valence electrons. The molecule has 0 aliphatic carbocycles. The van der Waals surface area contributed by atoms with Gasteiger partial charge < -0.3 is 19.7 Å². The summed E-state index contributed by atoms with van der Waals surface area (Å²) in [7, 11) is 1.58. The molecule has 1 aliphatic heterocycles. The molecule has 1 aromatic rings. The Balaban J connectivity index is 1.94. The third-order valence-corrected chi connectivity index (χ3v) is 3.42. The summed E-state index contributed by atoms with van der Waals surface area (Å²) >= 11 is 5.95. The summed E-state index contributed by atoms with van der Waals surface area (Å²) in [6, 6.07) is 5.26. The third-order valence-electron chi connectivity index (χ3n) is 3.19. The summed E-state index contributed by atoms with van der Waals surface area (Å²) in [4.78, 5) is 13.9. The third kappa shape index (κ3) is 3.77. The number of halogens is 1. The Morgan fingerprint density at radius 1 is 1.60 bits per heavy atom. The number of nitrogens with one attached hydrogen (secondary N) is 1. The van der Waals surface area contributed by atoms with Gasteiger partial charge in [0.15, 0.2) is 0 Å². The van der Waals surface area contributed by atoms with E-state index in [1.54, 1.807) is 30.2 Å². The van der Waals surface area contributed by atoms with Crippen molar-refractivity contribution < 1.29 is 14.3 Å². The first-order valence-corrected chi connectivity index (χ1v) is 6.94. The molecule has 1 aromatic carbocycles. The van der Waals surface area contributed by atoms with Gasteiger partial charge >= 0.3 is 0 Å². The average Bonchev–Trinajstić information content (AvgIpc) is 2.45. The predicted molar refractivity (Wildman–Crippen MR) is 78.5 cm³/mol. The number of hydrogen-bond acceptors (Lipinski definition) is 4. The molecule has 0 radical (unpaired) electrons. The van der Waals surface area contributed by atoms with Gasteiger partial charge in [0, 0.05) is 18.1 Å². The van der Waals surface area contributed by atoms with Crippen molar-refractivity contribution in [3.63, 3.8) is 0 Å². The van der Waals surface area contributed by atoms with Crippen molar-refractivity contribution in [2.45, 2.75) is 13.0 Å². The SMILES string of the molecule is COc1ccc(Cl)cc1NCC(=O)N1CCOC(C)C1. The standard InChI is InChI=1S/C14H19ClN2O3/c1-10-9-17(5-6-20-10)14(18)8-16-12-7-11(15)3-4-13(12)19-2/h3-4,7,10,16H,5-6,8-9H2,1-2H3. The van der Waals surface area contributed by atoms with Crippen molar-refractivity contribution in [1.29, 1.82) is 0 Å². The quantitative estimate of drug-likeness (QED) is 0.924. The monoisotopic (exact) mass is 298 g/mol. The largest absolute Gasteiger partial charge is 0.495 e. The van der Waals surface area contributed by atoms with Gasteiger partial charge in [0.2, 0.25) is 5.91 Å². The summed E-state index contributed by atoms with van der Waals surface area (Å²) < 4.78 is 10.7. The fraction of sp³-hybridized carbons (Fsp3) is 0.500. The molecule has 1 unspecified atom stereocenters. The lowest BCUT2D eigenvalue weighted by atomic mass is 10.2. The van der Waals surface area contributed by atoms with Crippen molar-refractivity contribution in [2.75, 3.05) is 38.7 Å². The zero-order chi connectivity index (χ0) is 14.5. The van der Waals surface area contributed by atoms with E-state index < -0.39 is 0 Å².